The van der Waals surface area contributed by atoms with Gasteiger partial charge in [0, 0.05) is 35.6 Å². The molecule has 0 radical (unpaired) electrons. The van der Waals surface area contributed by atoms with E-state index in [1.165, 1.54) is 12.1 Å². The molecule has 20 heteroatoms. The Kier molecular flexibility index (Phi) is 8.66. The molecule has 1 aliphatic rings. The minimum atomic E-state index is -5.67. The van der Waals surface area contributed by atoms with Crippen LogP contribution in [0.15, 0.2) is 33.5 Å². The van der Waals surface area contributed by atoms with Crippen LogP contribution in [0, 0.1) is 6.92 Å². The number of rotatable bonds is 9. The second-order valence-electron chi connectivity index (χ2n) is 7.64. The Labute approximate surface area is 203 Å². The molecule has 198 valence electrons. The number of carbonyl (C=O) groups is 1. The van der Waals surface area contributed by atoms with Crippen LogP contribution in [-0.4, -0.2) is 58.3 Å². The number of carbonyl (C=O) groups excluding carboxylic acids is 1. The molecule has 1 aliphatic heterocycles. The summed E-state index contributed by atoms with van der Waals surface area (Å²) in [6.07, 6.45) is -2.89. The second-order valence-corrected chi connectivity index (χ2v) is 12.1. The first-order valence-corrected chi connectivity index (χ1v) is 14.5. The van der Waals surface area contributed by atoms with E-state index in [1.807, 2.05) is 0 Å². The third-order valence-corrected chi connectivity index (χ3v) is 8.46. The molecule has 0 spiro atoms. The predicted molar refractivity (Wildman–Crippen MR) is 123 cm³/mol. The number of ether oxygens (including phenoxy) is 2. The maximum absolute atomic E-state index is 12.4. The molecule has 0 aliphatic carbocycles. The summed E-state index contributed by atoms with van der Waals surface area (Å²) in [4.78, 5) is 59.9. The minimum Gasteiger partial charge on any atom is -0.443 e. The average Bonchev–Trinajstić information content (AvgIpc) is 3.02. The van der Waals surface area contributed by atoms with Gasteiger partial charge in [0.25, 0.3) is 0 Å². The Morgan fingerprint density at radius 1 is 1.14 bits per heavy atom. The van der Waals surface area contributed by atoms with Crippen molar-refractivity contribution in [3.8, 4) is 0 Å². The van der Waals surface area contributed by atoms with E-state index in [0.29, 0.717) is 10.9 Å². The molecule has 0 bridgehead atoms. The first-order chi connectivity index (χ1) is 16.5. The van der Waals surface area contributed by atoms with Crippen LogP contribution in [-0.2, 0) is 36.3 Å². The van der Waals surface area contributed by atoms with Gasteiger partial charge in [-0.15, -0.1) is 0 Å². The zero-order valence-electron chi connectivity index (χ0n) is 18.6. The topological polar surface area (TPSA) is 238 Å². The van der Waals surface area contributed by atoms with Gasteiger partial charge < -0.3 is 33.5 Å². The van der Waals surface area contributed by atoms with E-state index in [9.17, 15) is 33.1 Å². The number of anilines is 1. The lowest BCUT2D eigenvalue weighted by molar-refractivity contribution is -0.00856. The first kappa shape index (κ1) is 28.7. The molecule has 36 heavy (non-hydrogen) atoms. The van der Waals surface area contributed by atoms with Crippen LogP contribution in [0.1, 0.15) is 12.0 Å². The van der Waals surface area contributed by atoms with Gasteiger partial charge in [0.05, 0.1) is 6.61 Å². The number of aryl methyl sites for hydroxylation is 1. The molecule has 1 aromatic heterocycles. The minimum absolute atomic E-state index is 0.156. The van der Waals surface area contributed by atoms with E-state index in [1.54, 1.807) is 26.9 Å². The summed E-state index contributed by atoms with van der Waals surface area (Å²) in [7, 11) is -15.0. The third-order valence-electron chi connectivity index (χ3n) is 4.66. The summed E-state index contributed by atoms with van der Waals surface area (Å²) in [6.45, 7) is 0.955. The highest BCUT2D eigenvalue weighted by Crippen LogP contribution is 2.66. The standard InChI is InChI=1S/C16H21BNO15P3/c1-8-4-15(19)30-11-5-9(2-3-10(8)11)18-16(20)31-12-6-14(17)29-13(12)7-28-35(24,25)33-36(26,27)32-34(21,22)23/h2-5,12-14H,6-7,17H2,1H3,(H,18,20)(H,24,25)(H,26,27)(H2,21,22,23). The molecule has 16 nitrogen and oxygen atoms in total. The van der Waals surface area contributed by atoms with E-state index in [0.717, 1.165) is 0 Å². The average molecular weight is 571 g/mol. The fourth-order valence-corrected chi connectivity index (χ4v) is 6.38. The Balaban J connectivity index is 1.61. The van der Waals surface area contributed by atoms with Crippen molar-refractivity contribution in [2.45, 2.75) is 31.6 Å². The molecule has 1 amide bonds. The second kappa shape index (κ2) is 10.9. The number of fused-ring (bicyclic) bond motifs is 1. The summed E-state index contributed by atoms with van der Waals surface area (Å²) in [5, 5.41) is 3.12. The zero-order chi connectivity index (χ0) is 26.9. The molecular formula is C16H21BNO15P3. The van der Waals surface area contributed by atoms with E-state index >= 15 is 0 Å². The summed E-state index contributed by atoms with van der Waals surface area (Å²) in [5.74, 6) is 0. The molecule has 2 heterocycles. The lowest BCUT2D eigenvalue weighted by Crippen LogP contribution is -2.32. The SMILES string of the molecule is BC1CC(OC(=O)Nc2ccc3c(C)cc(=O)oc3c2)C(COP(=O)(O)OP(=O)(O)OP(=O)(O)O)O1. The van der Waals surface area contributed by atoms with Crippen molar-refractivity contribution >= 4 is 54.1 Å². The number of benzene rings is 1. The molecular weight excluding hydrogens is 550 g/mol. The number of hydrogen-bond donors (Lipinski definition) is 5. The van der Waals surface area contributed by atoms with Gasteiger partial charge in [-0.25, -0.2) is 23.3 Å². The third kappa shape index (κ3) is 8.33. The van der Waals surface area contributed by atoms with Crippen LogP contribution in [0.3, 0.4) is 0 Å². The van der Waals surface area contributed by atoms with E-state index in [-0.39, 0.29) is 17.7 Å². The van der Waals surface area contributed by atoms with Crippen LogP contribution in [0.5, 0.6) is 0 Å². The van der Waals surface area contributed by atoms with Gasteiger partial charge in [0.1, 0.15) is 25.6 Å². The molecule has 5 atom stereocenters. The summed E-state index contributed by atoms with van der Waals surface area (Å²) >= 11 is 0. The van der Waals surface area contributed by atoms with Gasteiger partial charge in [-0.1, -0.05) is 0 Å². The van der Waals surface area contributed by atoms with Crippen LogP contribution < -0.4 is 10.9 Å². The smallest absolute Gasteiger partial charge is 0.443 e. The lowest BCUT2D eigenvalue weighted by Gasteiger charge is -2.21. The van der Waals surface area contributed by atoms with Crippen molar-refractivity contribution in [3.63, 3.8) is 0 Å². The van der Waals surface area contributed by atoms with Gasteiger partial charge in [-0.3, -0.25) is 9.84 Å². The van der Waals surface area contributed by atoms with Gasteiger partial charge >= 0.3 is 35.2 Å². The highest BCUT2D eigenvalue weighted by Gasteiger charge is 2.43. The molecule has 5 unspecified atom stereocenters. The summed E-state index contributed by atoms with van der Waals surface area (Å²) in [5.41, 5.74) is 0.615. The molecule has 1 fully saturated rings. The van der Waals surface area contributed by atoms with Gasteiger partial charge in [0.2, 0.25) is 0 Å². The van der Waals surface area contributed by atoms with Crippen LogP contribution in [0.2, 0.25) is 0 Å². The molecule has 3 rings (SSSR count). The summed E-state index contributed by atoms with van der Waals surface area (Å²) < 4.78 is 61.7. The van der Waals surface area contributed by atoms with Crippen molar-refractivity contribution < 1.29 is 65.1 Å². The van der Waals surface area contributed by atoms with Gasteiger partial charge in [-0.2, -0.15) is 8.62 Å². The molecule has 1 saturated heterocycles. The number of amides is 1. The van der Waals surface area contributed by atoms with E-state index in [2.05, 4.69) is 18.5 Å². The first-order valence-electron chi connectivity index (χ1n) is 9.98. The summed E-state index contributed by atoms with van der Waals surface area (Å²) in [6, 6.07) is 5.46. The predicted octanol–water partition coefficient (Wildman–Crippen LogP) is 1.11. The van der Waals surface area contributed by atoms with Crippen molar-refractivity contribution in [1.29, 1.82) is 0 Å². The zero-order valence-corrected chi connectivity index (χ0v) is 21.3. The fraction of sp³-hybridized carbons (Fsp3) is 0.375. The van der Waals surface area contributed by atoms with Crippen molar-refractivity contribution in [2.24, 2.45) is 0 Å². The quantitative estimate of drug-likeness (QED) is 0.161. The maximum Gasteiger partial charge on any atom is 0.490 e. The number of phosphoric acid groups is 3. The fourth-order valence-electron chi connectivity index (χ4n) is 3.35. The Morgan fingerprint density at radius 2 is 1.83 bits per heavy atom. The monoisotopic (exact) mass is 571 g/mol. The van der Waals surface area contributed by atoms with Crippen molar-refractivity contribution in [2.75, 3.05) is 11.9 Å². The normalized spacial score (nSPS) is 23.6. The van der Waals surface area contributed by atoms with Crippen LogP contribution in [0.25, 0.3) is 11.0 Å². The number of nitrogens with one attached hydrogen (secondary N) is 1. The lowest BCUT2D eigenvalue weighted by atomic mass is 9.96. The highest BCUT2D eigenvalue weighted by atomic mass is 31.3. The number of hydrogen-bond acceptors (Lipinski definition) is 11. The Hall–Kier alpha value is -1.87. The van der Waals surface area contributed by atoms with E-state index < -0.39 is 60.0 Å². The Bertz CT molecular complexity index is 1340. The molecule has 0 saturated carbocycles. The van der Waals surface area contributed by atoms with Gasteiger partial charge in [-0.05, 0) is 24.6 Å². The van der Waals surface area contributed by atoms with E-state index in [4.69, 9.17) is 23.7 Å². The van der Waals surface area contributed by atoms with Crippen molar-refractivity contribution in [3.05, 3.63) is 40.2 Å². The molecule has 2 aromatic rings. The largest absolute Gasteiger partial charge is 0.490 e. The van der Waals surface area contributed by atoms with Gasteiger partial charge in [0.15, 0.2) is 0 Å². The molecule has 5 N–H and O–H groups in total. The highest BCUT2D eigenvalue weighted by molar-refractivity contribution is 7.66. The van der Waals surface area contributed by atoms with Crippen LogP contribution >= 0.6 is 23.5 Å². The van der Waals surface area contributed by atoms with Crippen molar-refractivity contribution in [1.82, 2.24) is 0 Å². The maximum atomic E-state index is 12.4. The van der Waals surface area contributed by atoms with Crippen LogP contribution in [0.4, 0.5) is 10.5 Å². The molecule has 1 aromatic carbocycles. The Morgan fingerprint density at radius 3 is 2.50 bits per heavy atom. The number of phosphoric ester groups is 1.